The number of carbonyl (C=O) groups excluding carboxylic acids is 1. The summed E-state index contributed by atoms with van der Waals surface area (Å²) in [5.41, 5.74) is -0.859. The molecule has 0 spiro atoms. The maximum absolute atomic E-state index is 10.5. The fourth-order valence-corrected chi connectivity index (χ4v) is 1.09. The second-order valence-electron chi connectivity index (χ2n) is 2.58. The highest BCUT2D eigenvalue weighted by molar-refractivity contribution is 5.80. The first kappa shape index (κ1) is 7.03. The lowest BCUT2D eigenvalue weighted by Crippen LogP contribution is -2.35. The van der Waals surface area contributed by atoms with Gasteiger partial charge in [0.1, 0.15) is 5.94 Å². The molecule has 0 aromatic carbocycles. The minimum Gasteiger partial charge on any atom is -0.481 e. The van der Waals surface area contributed by atoms with Crippen molar-refractivity contribution in [1.29, 1.82) is 0 Å². The normalized spacial score (nSPS) is 20.4. The van der Waals surface area contributed by atoms with Gasteiger partial charge >= 0.3 is 5.97 Å². The van der Waals surface area contributed by atoms with Gasteiger partial charge in [-0.3, -0.25) is 4.79 Å². The topological polar surface area (TPSA) is 54.4 Å². The van der Waals surface area contributed by atoms with Gasteiger partial charge in [-0.2, -0.15) is 0 Å². The first-order valence-corrected chi connectivity index (χ1v) is 3.17. The van der Waals surface area contributed by atoms with E-state index in [1.165, 1.54) is 5.94 Å². The quantitative estimate of drug-likeness (QED) is 0.572. The van der Waals surface area contributed by atoms with E-state index in [0.29, 0.717) is 12.8 Å². The van der Waals surface area contributed by atoms with E-state index >= 15 is 0 Å². The molecule has 1 N–H and O–H groups in total. The summed E-state index contributed by atoms with van der Waals surface area (Å²) in [6.07, 6.45) is 3.18. The molecule has 1 aliphatic carbocycles. The molecule has 1 fully saturated rings. The van der Waals surface area contributed by atoms with Gasteiger partial charge in [-0.05, 0) is 12.8 Å². The molecule has 10 heavy (non-hydrogen) atoms. The maximum atomic E-state index is 10.5. The number of carboxylic acids is 1. The van der Waals surface area contributed by atoms with Crippen LogP contribution in [0.2, 0.25) is 0 Å². The van der Waals surface area contributed by atoms with Gasteiger partial charge in [-0.25, -0.2) is 4.79 Å². The lowest BCUT2D eigenvalue weighted by Gasteiger charge is -2.33. The van der Waals surface area contributed by atoms with Crippen LogP contribution < -0.4 is 0 Å². The van der Waals surface area contributed by atoms with E-state index in [-0.39, 0.29) is 0 Å². The van der Waals surface area contributed by atoms with E-state index in [4.69, 9.17) is 5.11 Å². The van der Waals surface area contributed by atoms with Crippen LogP contribution in [0.3, 0.4) is 0 Å². The minimum absolute atomic E-state index is 0.581. The molecule has 0 heterocycles. The summed E-state index contributed by atoms with van der Waals surface area (Å²) in [4.78, 5) is 20.4. The summed E-state index contributed by atoms with van der Waals surface area (Å²) >= 11 is 0. The Labute approximate surface area is 58.4 Å². The predicted octanol–water partition coefficient (Wildman–Crippen LogP) is 0.629. The van der Waals surface area contributed by atoms with Crippen molar-refractivity contribution in [2.75, 3.05) is 0 Å². The van der Waals surface area contributed by atoms with Gasteiger partial charge in [0.05, 0.1) is 5.41 Å². The summed E-state index contributed by atoms with van der Waals surface area (Å²) in [5, 5.41) is 8.60. The molecular formula is C7H8O3. The molecule has 0 radical (unpaired) electrons. The van der Waals surface area contributed by atoms with Crippen LogP contribution in [0.5, 0.6) is 0 Å². The second kappa shape index (κ2) is 2.27. The number of hydrogen-bond acceptors (Lipinski definition) is 2. The standard InChI is InChI=1S/C7H8O3/c8-5-4-7(6(9)10)2-1-3-7/h4H,1-3H2,(H,9,10). The van der Waals surface area contributed by atoms with Crippen LogP contribution in [0.25, 0.3) is 0 Å². The van der Waals surface area contributed by atoms with Crippen LogP contribution >= 0.6 is 0 Å². The van der Waals surface area contributed by atoms with Crippen molar-refractivity contribution in [3.8, 4) is 0 Å². The van der Waals surface area contributed by atoms with Crippen LogP contribution in [0.1, 0.15) is 19.3 Å². The molecule has 0 aliphatic heterocycles. The first-order chi connectivity index (χ1) is 4.71. The van der Waals surface area contributed by atoms with Crippen LogP contribution in [-0.4, -0.2) is 17.0 Å². The molecule has 0 amide bonds. The van der Waals surface area contributed by atoms with E-state index in [9.17, 15) is 9.59 Å². The smallest absolute Gasteiger partial charge is 0.314 e. The summed E-state index contributed by atoms with van der Waals surface area (Å²) in [7, 11) is 0. The largest absolute Gasteiger partial charge is 0.481 e. The third-order valence-electron chi connectivity index (χ3n) is 2.01. The van der Waals surface area contributed by atoms with Crippen LogP contribution in [0.15, 0.2) is 6.08 Å². The molecule has 1 saturated carbocycles. The average Bonchev–Trinajstić information content (AvgIpc) is 1.77. The highest BCUT2D eigenvalue weighted by Crippen LogP contribution is 2.41. The fourth-order valence-electron chi connectivity index (χ4n) is 1.09. The summed E-state index contributed by atoms with van der Waals surface area (Å²) in [5.74, 6) is 0.635. The number of carboxylic acid groups (broad SMARTS) is 1. The van der Waals surface area contributed by atoms with Gasteiger partial charge in [0.25, 0.3) is 0 Å². The van der Waals surface area contributed by atoms with E-state index in [1.54, 1.807) is 0 Å². The van der Waals surface area contributed by atoms with Crippen molar-refractivity contribution in [2.45, 2.75) is 19.3 Å². The Kier molecular flexibility index (Phi) is 1.60. The second-order valence-corrected chi connectivity index (χ2v) is 2.58. The molecule has 0 aromatic rings. The number of hydrogen-bond donors (Lipinski definition) is 1. The number of rotatable bonds is 2. The Hall–Kier alpha value is -1.08. The Morgan fingerprint density at radius 1 is 1.60 bits per heavy atom. The fraction of sp³-hybridized carbons (Fsp3) is 0.571. The van der Waals surface area contributed by atoms with Gasteiger partial charge in [0.15, 0.2) is 0 Å². The first-order valence-electron chi connectivity index (χ1n) is 3.17. The Morgan fingerprint density at radius 2 is 2.20 bits per heavy atom. The van der Waals surface area contributed by atoms with Crippen LogP contribution in [-0.2, 0) is 9.59 Å². The van der Waals surface area contributed by atoms with Gasteiger partial charge in [-0.1, -0.05) is 6.42 Å². The van der Waals surface area contributed by atoms with E-state index in [2.05, 4.69) is 0 Å². The van der Waals surface area contributed by atoms with Crippen molar-refractivity contribution in [1.82, 2.24) is 0 Å². The summed E-state index contributed by atoms with van der Waals surface area (Å²) in [6, 6.07) is 0. The third-order valence-corrected chi connectivity index (χ3v) is 2.01. The molecule has 3 nitrogen and oxygen atoms in total. The number of carbonyl (C=O) groups is 1. The molecule has 0 aromatic heterocycles. The molecule has 1 rings (SSSR count). The molecular weight excluding hydrogens is 132 g/mol. The van der Waals surface area contributed by atoms with Gasteiger partial charge in [0, 0.05) is 6.08 Å². The van der Waals surface area contributed by atoms with E-state index in [0.717, 1.165) is 12.5 Å². The van der Waals surface area contributed by atoms with Crippen LogP contribution in [0.4, 0.5) is 0 Å². The highest BCUT2D eigenvalue weighted by atomic mass is 16.4. The number of aliphatic carboxylic acids is 1. The molecule has 54 valence electrons. The van der Waals surface area contributed by atoms with Gasteiger partial charge in [0.2, 0.25) is 0 Å². The van der Waals surface area contributed by atoms with Crippen LogP contribution in [0, 0.1) is 5.41 Å². The predicted molar refractivity (Wildman–Crippen MR) is 34.2 cm³/mol. The highest BCUT2D eigenvalue weighted by Gasteiger charge is 2.42. The molecule has 0 unspecified atom stereocenters. The zero-order valence-corrected chi connectivity index (χ0v) is 5.46. The molecule has 0 saturated heterocycles. The van der Waals surface area contributed by atoms with E-state index in [1.807, 2.05) is 0 Å². The van der Waals surface area contributed by atoms with Crippen molar-refractivity contribution in [3.63, 3.8) is 0 Å². The maximum Gasteiger partial charge on any atom is 0.314 e. The van der Waals surface area contributed by atoms with Crippen molar-refractivity contribution in [2.24, 2.45) is 5.41 Å². The zero-order chi connectivity index (χ0) is 7.61. The Balaban J connectivity index is 2.77. The Bertz CT molecular complexity index is 193. The van der Waals surface area contributed by atoms with Crippen molar-refractivity contribution < 1.29 is 14.7 Å². The minimum atomic E-state index is -0.901. The SMILES string of the molecule is O=C=CC1(C(=O)O)CCC1. The lowest BCUT2D eigenvalue weighted by molar-refractivity contribution is -0.150. The van der Waals surface area contributed by atoms with Gasteiger partial charge in [-0.15, -0.1) is 0 Å². The summed E-state index contributed by atoms with van der Waals surface area (Å²) < 4.78 is 0. The monoisotopic (exact) mass is 140 g/mol. The molecule has 1 aliphatic rings. The Morgan fingerprint density at radius 3 is 2.30 bits per heavy atom. The lowest BCUT2D eigenvalue weighted by atomic mass is 9.69. The molecule has 0 atom stereocenters. The van der Waals surface area contributed by atoms with Gasteiger partial charge < -0.3 is 5.11 Å². The summed E-state index contributed by atoms with van der Waals surface area (Å²) in [6.45, 7) is 0. The third kappa shape index (κ3) is 0.847. The van der Waals surface area contributed by atoms with E-state index < -0.39 is 11.4 Å². The average molecular weight is 140 g/mol. The van der Waals surface area contributed by atoms with Crippen molar-refractivity contribution in [3.05, 3.63) is 6.08 Å². The van der Waals surface area contributed by atoms with Crippen molar-refractivity contribution >= 4 is 11.9 Å². The zero-order valence-electron chi connectivity index (χ0n) is 5.46. The molecule has 3 heteroatoms. The molecule has 0 bridgehead atoms.